The predicted octanol–water partition coefficient (Wildman–Crippen LogP) is 2.22. The van der Waals surface area contributed by atoms with Crippen LogP contribution in [-0.2, 0) is 4.79 Å². The van der Waals surface area contributed by atoms with E-state index in [9.17, 15) is 9.59 Å². The second kappa shape index (κ2) is 6.19. The second-order valence-electron chi connectivity index (χ2n) is 4.54. The molecule has 0 aliphatic heterocycles. The topological polar surface area (TPSA) is 66.4 Å². The SMILES string of the molecule is CCC(C)[C@H](NC(=O)c1cccc(C)c1)C(=O)O. The lowest BCUT2D eigenvalue weighted by molar-refractivity contribution is -0.140. The number of carboxylic acid groups (broad SMARTS) is 1. The summed E-state index contributed by atoms with van der Waals surface area (Å²) < 4.78 is 0. The molecule has 0 spiro atoms. The third kappa shape index (κ3) is 3.58. The van der Waals surface area contributed by atoms with Crippen molar-refractivity contribution in [1.29, 1.82) is 0 Å². The van der Waals surface area contributed by atoms with E-state index in [0.29, 0.717) is 12.0 Å². The Bertz CT molecular complexity index is 442. The summed E-state index contributed by atoms with van der Waals surface area (Å²) >= 11 is 0. The minimum Gasteiger partial charge on any atom is -0.480 e. The van der Waals surface area contributed by atoms with Gasteiger partial charge in [-0.2, -0.15) is 0 Å². The summed E-state index contributed by atoms with van der Waals surface area (Å²) in [6.45, 7) is 5.61. The molecule has 0 saturated heterocycles. The molecular weight excluding hydrogens is 230 g/mol. The minimum absolute atomic E-state index is 0.101. The Morgan fingerprint density at radius 1 is 1.39 bits per heavy atom. The van der Waals surface area contributed by atoms with Crippen molar-refractivity contribution in [3.05, 3.63) is 35.4 Å². The van der Waals surface area contributed by atoms with Crippen molar-refractivity contribution in [2.75, 3.05) is 0 Å². The van der Waals surface area contributed by atoms with Crippen molar-refractivity contribution in [3.63, 3.8) is 0 Å². The highest BCUT2D eigenvalue weighted by molar-refractivity contribution is 5.96. The fraction of sp³-hybridized carbons (Fsp3) is 0.429. The van der Waals surface area contributed by atoms with E-state index >= 15 is 0 Å². The molecule has 1 aromatic rings. The van der Waals surface area contributed by atoms with Gasteiger partial charge in [0, 0.05) is 5.56 Å². The minimum atomic E-state index is -0.995. The van der Waals surface area contributed by atoms with E-state index in [0.717, 1.165) is 5.56 Å². The number of aryl methyl sites for hydroxylation is 1. The van der Waals surface area contributed by atoms with Crippen molar-refractivity contribution >= 4 is 11.9 Å². The Morgan fingerprint density at radius 2 is 2.06 bits per heavy atom. The zero-order chi connectivity index (χ0) is 13.7. The molecule has 1 amide bonds. The highest BCUT2D eigenvalue weighted by atomic mass is 16.4. The second-order valence-corrected chi connectivity index (χ2v) is 4.54. The van der Waals surface area contributed by atoms with Crippen LogP contribution in [0.15, 0.2) is 24.3 Å². The van der Waals surface area contributed by atoms with Crippen molar-refractivity contribution in [1.82, 2.24) is 5.32 Å². The quantitative estimate of drug-likeness (QED) is 0.841. The van der Waals surface area contributed by atoms with Crippen molar-refractivity contribution < 1.29 is 14.7 Å². The van der Waals surface area contributed by atoms with Crippen LogP contribution in [0.4, 0.5) is 0 Å². The third-order valence-corrected chi connectivity index (χ3v) is 3.05. The molecular formula is C14H19NO3. The van der Waals surface area contributed by atoms with Crippen molar-refractivity contribution in [3.8, 4) is 0 Å². The summed E-state index contributed by atoms with van der Waals surface area (Å²) in [5.41, 5.74) is 1.46. The van der Waals surface area contributed by atoms with Gasteiger partial charge >= 0.3 is 5.97 Å². The molecule has 1 unspecified atom stereocenters. The van der Waals surface area contributed by atoms with E-state index in [4.69, 9.17) is 5.11 Å². The van der Waals surface area contributed by atoms with Crippen molar-refractivity contribution in [2.45, 2.75) is 33.2 Å². The van der Waals surface area contributed by atoms with Crippen LogP contribution in [0.2, 0.25) is 0 Å². The zero-order valence-electron chi connectivity index (χ0n) is 10.9. The monoisotopic (exact) mass is 249 g/mol. The number of hydrogen-bond donors (Lipinski definition) is 2. The third-order valence-electron chi connectivity index (χ3n) is 3.05. The molecule has 0 saturated carbocycles. The molecule has 0 bridgehead atoms. The summed E-state index contributed by atoms with van der Waals surface area (Å²) in [7, 11) is 0. The average molecular weight is 249 g/mol. The fourth-order valence-electron chi connectivity index (χ4n) is 1.69. The van der Waals surface area contributed by atoms with Gasteiger partial charge < -0.3 is 10.4 Å². The van der Waals surface area contributed by atoms with Crippen LogP contribution in [-0.4, -0.2) is 23.0 Å². The molecule has 0 aliphatic carbocycles. The molecule has 98 valence electrons. The van der Waals surface area contributed by atoms with E-state index in [1.165, 1.54) is 0 Å². The normalized spacial score (nSPS) is 13.7. The maximum absolute atomic E-state index is 12.0. The first-order valence-corrected chi connectivity index (χ1v) is 6.06. The standard InChI is InChI=1S/C14H19NO3/c1-4-10(3)12(14(17)18)15-13(16)11-7-5-6-9(2)8-11/h5-8,10,12H,4H2,1-3H3,(H,15,16)(H,17,18)/t10?,12-/m0/s1. The molecule has 0 aromatic heterocycles. The van der Waals surface area contributed by atoms with Gasteiger partial charge in [0.2, 0.25) is 0 Å². The molecule has 2 N–H and O–H groups in total. The lowest BCUT2D eigenvalue weighted by atomic mass is 9.99. The Morgan fingerprint density at radius 3 is 2.56 bits per heavy atom. The molecule has 0 radical (unpaired) electrons. The lowest BCUT2D eigenvalue weighted by Crippen LogP contribution is -2.45. The number of carboxylic acids is 1. The van der Waals surface area contributed by atoms with E-state index in [1.54, 1.807) is 18.2 Å². The summed E-state index contributed by atoms with van der Waals surface area (Å²) in [6, 6.07) is 6.24. The maximum atomic E-state index is 12.0. The van der Waals surface area contributed by atoms with Crippen LogP contribution >= 0.6 is 0 Å². The number of carbonyl (C=O) groups is 2. The summed E-state index contributed by atoms with van der Waals surface area (Å²) in [4.78, 5) is 23.1. The number of benzene rings is 1. The average Bonchev–Trinajstić information content (AvgIpc) is 2.34. The summed E-state index contributed by atoms with van der Waals surface area (Å²) in [5.74, 6) is -1.44. The Kier molecular flexibility index (Phi) is 4.89. The number of rotatable bonds is 5. The van der Waals surface area contributed by atoms with E-state index in [-0.39, 0.29) is 11.8 Å². The van der Waals surface area contributed by atoms with Crippen LogP contribution in [0, 0.1) is 12.8 Å². The molecule has 4 nitrogen and oxygen atoms in total. The molecule has 2 atom stereocenters. The van der Waals surface area contributed by atoms with Gasteiger partial charge in [0.1, 0.15) is 6.04 Å². The van der Waals surface area contributed by atoms with Gasteiger partial charge in [0.15, 0.2) is 0 Å². The molecule has 0 aliphatic rings. The number of nitrogens with one attached hydrogen (secondary N) is 1. The Hall–Kier alpha value is -1.84. The molecule has 1 aromatic carbocycles. The van der Waals surface area contributed by atoms with Crippen LogP contribution in [0.25, 0.3) is 0 Å². The molecule has 4 heteroatoms. The first-order valence-electron chi connectivity index (χ1n) is 6.06. The summed E-state index contributed by atoms with van der Waals surface area (Å²) in [5, 5.41) is 11.7. The van der Waals surface area contributed by atoms with Crippen molar-refractivity contribution in [2.24, 2.45) is 5.92 Å². The molecule has 0 fully saturated rings. The van der Waals surface area contributed by atoms with Crippen LogP contribution < -0.4 is 5.32 Å². The number of carbonyl (C=O) groups excluding carboxylic acids is 1. The Labute approximate surface area is 107 Å². The zero-order valence-corrected chi connectivity index (χ0v) is 10.9. The smallest absolute Gasteiger partial charge is 0.326 e. The first-order chi connectivity index (χ1) is 8.45. The van der Waals surface area contributed by atoms with Gasteiger partial charge in [-0.3, -0.25) is 4.79 Å². The number of amides is 1. The molecule has 1 rings (SSSR count). The van der Waals surface area contributed by atoms with Gasteiger partial charge in [-0.05, 0) is 25.0 Å². The number of hydrogen-bond acceptors (Lipinski definition) is 2. The van der Waals surface area contributed by atoms with E-state index in [1.807, 2.05) is 26.8 Å². The van der Waals surface area contributed by atoms with E-state index in [2.05, 4.69) is 5.32 Å². The molecule has 0 heterocycles. The highest BCUT2D eigenvalue weighted by Crippen LogP contribution is 2.10. The van der Waals surface area contributed by atoms with Crippen LogP contribution in [0.3, 0.4) is 0 Å². The van der Waals surface area contributed by atoms with Gasteiger partial charge in [-0.25, -0.2) is 4.79 Å². The summed E-state index contributed by atoms with van der Waals surface area (Å²) in [6.07, 6.45) is 0.699. The maximum Gasteiger partial charge on any atom is 0.326 e. The fourth-order valence-corrected chi connectivity index (χ4v) is 1.69. The first kappa shape index (κ1) is 14.2. The van der Waals surface area contributed by atoms with Gasteiger partial charge in [0.05, 0.1) is 0 Å². The van der Waals surface area contributed by atoms with E-state index < -0.39 is 12.0 Å². The molecule has 18 heavy (non-hydrogen) atoms. The van der Waals surface area contributed by atoms with Crippen LogP contribution in [0.1, 0.15) is 36.2 Å². The van der Waals surface area contributed by atoms with Crippen LogP contribution in [0.5, 0.6) is 0 Å². The number of aliphatic carboxylic acids is 1. The Balaban J connectivity index is 2.82. The predicted molar refractivity (Wildman–Crippen MR) is 69.5 cm³/mol. The van der Waals surface area contributed by atoms with Gasteiger partial charge in [-0.15, -0.1) is 0 Å². The lowest BCUT2D eigenvalue weighted by Gasteiger charge is -2.20. The van der Waals surface area contributed by atoms with Gasteiger partial charge in [-0.1, -0.05) is 38.0 Å². The highest BCUT2D eigenvalue weighted by Gasteiger charge is 2.25. The van der Waals surface area contributed by atoms with Gasteiger partial charge in [0.25, 0.3) is 5.91 Å². The largest absolute Gasteiger partial charge is 0.480 e.